The molecule has 19 heavy (non-hydrogen) atoms. The quantitative estimate of drug-likeness (QED) is 0.738. The smallest absolute Gasteiger partial charge is 0.268 e. The van der Waals surface area contributed by atoms with Gasteiger partial charge in [-0.2, -0.15) is 4.98 Å². The largest absolute Gasteiger partial charge is 0.368 e. The second-order valence-electron chi connectivity index (χ2n) is 5.49. The molecule has 6 heteroatoms. The number of anilines is 1. The minimum Gasteiger partial charge on any atom is -0.368 e. The van der Waals surface area contributed by atoms with E-state index in [1.165, 1.54) is 12.8 Å². The number of rotatable bonds is 0. The molecule has 6 nitrogen and oxygen atoms in total. The van der Waals surface area contributed by atoms with Crippen LogP contribution in [0.2, 0.25) is 0 Å². The molecular weight excluding hydrogens is 242 g/mol. The Hall–Kier alpha value is -2.11. The van der Waals surface area contributed by atoms with Crippen molar-refractivity contribution < 1.29 is 4.79 Å². The third-order valence-electron chi connectivity index (χ3n) is 4.38. The highest BCUT2D eigenvalue weighted by atomic mass is 16.2. The lowest BCUT2D eigenvalue weighted by molar-refractivity contribution is 0.0876. The van der Waals surface area contributed by atoms with Crippen LogP contribution >= 0.6 is 0 Å². The average Bonchev–Trinajstić information content (AvgIpc) is 2.99. The molecule has 0 atom stereocenters. The number of aromatic nitrogens is 3. The highest BCUT2D eigenvalue weighted by Crippen LogP contribution is 2.41. The molecule has 3 heterocycles. The summed E-state index contributed by atoms with van der Waals surface area (Å²) in [5.74, 6) is 0.224. The van der Waals surface area contributed by atoms with Gasteiger partial charge in [0, 0.05) is 18.1 Å². The van der Waals surface area contributed by atoms with Crippen molar-refractivity contribution in [1.29, 1.82) is 0 Å². The summed E-state index contributed by atoms with van der Waals surface area (Å²) in [6.45, 7) is 0.687. The Morgan fingerprint density at radius 3 is 2.95 bits per heavy atom. The standard InChI is InChI=1S/C13H15N5O/c14-12-15-6-8-5-9-11(19)16-7-13(3-1-2-4-13)18(9)10(8)17-12/h5-6H,1-4,7H2,(H,16,19)(H2,14,15,17). The first-order valence-electron chi connectivity index (χ1n) is 6.62. The highest BCUT2D eigenvalue weighted by molar-refractivity contribution is 5.99. The Balaban J connectivity index is 2.06. The van der Waals surface area contributed by atoms with Gasteiger partial charge in [0.25, 0.3) is 5.91 Å². The molecule has 1 fully saturated rings. The van der Waals surface area contributed by atoms with Gasteiger partial charge in [0.05, 0.1) is 5.54 Å². The number of nitrogens with two attached hydrogens (primary N) is 1. The zero-order valence-electron chi connectivity index (χ0n) is 10.5. The molecule has 2 aromatic heterocycles. The van der Waals surface area contributed by atoms with E-state index in [4.69, 9.17) is 5.73 Å². The normalized spacial score (nSPS) is 20.7. The van der Waals surface area contributed by atoms with Crippen LogP contribution in [0.25, 0.3) is 11.0 Å². The Kier molecular flexibility index (Phi) is 1.97. The van der Waals surface area contributed by atoms with Crippen LogP contribution in [0, 0.1) is 0 Å². The number of nitrogen functional groups attached to an aromatic ring is 1. The van der Waals surface area contributed by atoms with E-state index in [9.17, 15) is 4.79 Å². The first kappa shape index (κ1) is 10.8. The number of nitrogens with zero attached hydrogens (tertiary/aromatic N) is 3. The SMILES string of the molecule is Nc1ncc2cc3n(c2n1)C1(CCCC1)CNC3=O. The summed E-state index contributed by atoms with van der Waals surface area (Å²) in [5, 5.41) is 3.89. The van der Waals surface area contributed by atoms with E-state index in [-0.39, 0.29) is 17.4 Å². The molecule has 1 aliphatic carbocycles. The number of amides is 1. The number of hydrogen-bond donors (Lipinski definition) is 2. The molecule has 0 radical (unpaired) electrons. The van der Waals surface area contributed by atoms with Crippen LogP contribution in [0.1, 0.15) is 36.2 Å². The zero-order valence-corrected chi connectivity index (χ0v) is 10.5. The first-order chi connectivity index (χ1) is 9.20. The summed E-state index contributed by atoms with van der Waals surface area (Å²) in [6.07, 6.45) is 6.23. The molecule has 2 aliphatic rings. The lowest BCUT2D eigenvalue weighted by Crippen LogP contribution is -2.50. The molecule has 0 saturated heterocycles. The van der Waals surface area contributed by atoms with Crippen LogP contribution in [-0.2, 0) is 5.54 Å². The molecular formula is C13H15N5O. The summed E-state index contributed by atoms with van der Waals surface area (Å²) in [4.78, 5) is 20.4. The maximum Gasteiger partial charge on any atom is 0.268 e. The molecule has 1 saturated carbocycles. The van der Waals surface area contributed by atoms with Gasteiger partial charge in [0.2, 0.25) is 5.95 Å². The van der Waals surface area contributed by atoms with Gasteiger partial charge in [0.1, 0.15) is 11.3 Å². The number of carbonyl (C=O) groups excluding carboxylic acids is 1. The summed E-state index contributed by atoms with van der Waals surface area (Å²) in [6, 6.07) is 1.86. The second kappa shape index (κ2) is 3.46. The number of nitrogens with one attached hydrogen (secondary N) is 1. The summed E-state index contributed by atoms with van der Waals surface area (Å²) in [7, 11) is 0. The molecule has 98 valence electrons. The van der Waals surface area contributed by atoms with E-state index >= 15 is 0 Å². The fourth-order valence-corrected chi connectivity index (χ4v) is 3.50. The number of hydrogen-bond acceptors (Lipinski definition) is 4. The van der Waals surface area contributed by atoms with E-state index in [0.29, 0.717) is 12.2 Å². The fourth-order valence-electron chi connectivity index (χ4n) is 3.50. The molecule has 1 spiro atoms. The first-order valence-corrected chi connectivity index (χ1v) is 6.62. The average molecular weight is 257 g/mol. The van der Waals surface area contributed by atoms with Gasteiger partial charge < -0.3 is 15.6 Å². The van der Waals surface area contributed by atoms with Crippen molar-refractivity contribution in [2.45, 2.75) is 31.2 Å². The van der Waals surface area contributed by atoms with Gasteiger partial charge in [-0.15, -0.1) is 0 Å². The topological polar surface area (TPSA) is 85.8 Å². The van der Waals surface area contributed by atoms with Crippen LogP contribution in [0.15, 0.2) is 12.3 Å². The van der Waals surface area contributed by atoms with Crippen LogP contribution in [0.3, 0.4) is 0 Å². The Labute approximate surface area is 110 Å². The molecule has 0 aromatic carbocycles. The molecule has 1 amide bonds. The van der Waals surface area contributed by atoms with Gasteiger partial charge >= 0.3 is 0 Å². The Morgan fingerprint density at radius 1 is 1.37 bits per heavy atom. The van der Waals surface area contributed by atoms with Crippen LogP contribution in [0.4, 0.5) is 5.95 Å². The third kappa shape index (κ3) is 1.34. The molecule has 1 aliphatic heterocycles. The molecule has 3 N–H and O–H groups in total. The molecule has 4 rings (SSSR count). The predicted molar refractivity (Wildman–Crippen MR) is 70.7 cm³/mol. The van der Waals surface area contributed by atoms with E-state index in [1.54, 1.807) is 6.20 Å². The monoisotopic (exact) mass is 257 g/mol. The van der Waals surface area contributed by atoms with Gasteiger partial charge in [-0.05, 0) is 18.9 Å². The van der Waals surface area contributed by atoms with Crippen molar-refractivity contribution in [2.75, 3.05) is 12.3 Å². The lowest BCUT2D eigenvalue weighted by atomic mass is 9.94. The maximum atomic E-state index is 12.1. The van der Waals surface area contributed by atoms with Crippen molar-refractivity contribution in [1.82, 2.24) is 19.9 Å². The van der Waals surface area contributed by atoms with Gasteiger partial charge in [-0.3, -0.25) is 4.79 Å². The number of fused-ring (bicyclic) bond motifs is 4. The van der Waals surface area contributed by atoms with E-state index < -0.39 is 0 Å². The van der Waals surface area contributed by atoms with Crippen molar-refractivity contribution >= 4 is 22.9 Å². The van der Waals surface area contributed by atoms with E-state index in [0.717, 1.165) is 23.9 Å². The molecule has 2 aromatic rings. The van der Waals surface area contributed by atoms with E-state index in [2.05, 4.69) is 19.9 Å². The van der Waals surface area contributed by atoms with Gasteiger partial charge in [-0.1, -0.05) is 12.8 Å². The van der Waals surface area contributed by atoms with Gasteiger partial charge in [-0.25, -0.2) is 4.98 Å². The predicted octanol–water partition coefficient (Wildman–Crippen LogP) is 1.03. The van der Waals surface area contributed by atoms with Crippen molar-refractivity contribution in [3.8, 4) is 0 Å². The van der Waals surface area contributed by atoms with E-state index in [1.807, 2.05) is 6.07 Å². The third-order valence-corrected chi connectivity index (χ3v) is 4.38. The van der Waals surface area contributed by atoms with Crippen LogP contribution in [0.5, 0.6) is 0 Å². The minimum absolute atomic E-state index is 0.0220. The maximum absolute atomic E-state index is 12.1. The zero-order chi connectivity index (χ0) is 13.0. The summed E-state index contributed by atoms with van der Waals surface area (Å²) in [5.41, 5.74) is 7.15. The Bertz CT molecular complexity index is 684. The molecule has 0 bridgehead atoms. The highest BCUT2D eigenvalue weighted by Gasteiger charge is 2.42. The summed E-state index contributed by atoms with van der Waals surface area (Å²) < 4.78 is 2.10. The second-order valence-corrected chi connectivity index (χ2v) is 5.49. The van der Waals surface area contributed by atoms with Crippen LogP contribution < -0.4 is 11.1 Å². The van der Waals surface area contributed by atoms with Crippen molar-refractivity contribution in [2.24, 2.45) is 0 Å². The van der Waals surface area contributed by atoms with Crippen molar-refractivity contribution in [3.63, 3.8) is 0 Å². The van der Waals surface area contributed by atoms with Gasteiger partial charge in [0.15, 0.2) is 0 Å². The Morgan fingerprint density at radius 2 is 2.16 bits per heavy atom. The lowest BCUT2D eigenvalue weighted by Gasteiger charge is -2.37. The fraction of sp³-hybridized carbons (Fsp3) is 0.462. The van der Waals surface area contributed by atoms with Crippen LogP contribution in [-0.4, -0.2) is 27.0 Å². The minimum atomic E-state index is -0.0332. The number of carbonyl (C=O) groups is 1. The summed E-state index contributed by atoms with van der Waals surface area (Å²) >= 11 is 0. The molecule has 0 unspecified atom stereocenters. The van der Waals surface area contributed by atoms with Crippen molar-refractivity contribution in [3.05, 3.63) is 18.0 Å².